The Hall–Kier alpha value is -1.72. The smallest absolute Gasteiger partial charge is 0.312 e. The molecule has 2 rings (SSSR count). The molecule has 0 radical (unpaired) electrons. The number of halogens is 1. The third kappa shape index (κ3) is 2.03. The molecule has 0 unspecified atom stereocenters. The maximum atomic E-state index is 12.8. The largest absolute Gasteiger partial charge is 0.371 e. The molecule has 0 spiro atoms. The average molecular weight is 211 g/mol. The molecule has 0 aromatic carbocycles. The number of aryl methyl sites for hydroxylation is 1. The monoisotopic (exact) mass is 211 g/mol. The summed E-state index contributed by atoms with van der Waals surface area (Å²) < 4.78 is 14.5. The first-order chi connectivity index (χ1) is 7.22. The zero-order valence-electron chi connectivity index (χ0n) is 9.24. The van der Waals surface area contributed by atoms with Crippen LogP contribution in [0.1, 0.15) is 13.8 Å². The molecule has 0 aliphatic carbocycles. The van der Waals surface area contributed by atoms with Crippen molar-refractivity contribution in [2.75, 3.05) is 12.4 Å². The minimum atomic E-state index is -0.750. The molecule has 0 atom stereocenters. The van der Waals surface area contributed by atoms with Crippen LogP contribution in [0, 0.1) is 6.08 Å². The Morgan fingerprint density at radius 1 is 1.33 bits per heavy atom. The third-order valence-corrected chi connectivity index (χ3v) is 1.77. The van der Waals surface area contributed by atoms with E-state index in [0.717, 1.165) is 0 Å². The van der Waals surface area contributed by atoms with E-state index in [4.69, 9.17) is 0 Å². The van der Waals surface area contributed by atoms with Crippen molar-refractivity contribution < 1.29 is 4.39 Å². The predicted molar refractivity (Wildman–Crippen MR) is 57.2 cm³/mol. The van der Waals surface area contributed by atoms with Gasteiger partial charge in [0.25, 0.3) is 0 Å². The SMILES string of the molecule is CC.CNc1nc(F)nc2c1ncn2C. The maximum absolute atomic E-state index is 12.8. The minimum absolute atomic E-state index is 0.406. The third-order valence-electron chi connectivity index (χ3n) is 1.77. The zero-order valence-corrected chi connectivity index (χ0v) is 9.24. The standard InChI is InChI=1S/C7H8FN5.C2H6/c1-9-5-4-6(12-7(8)11-5)13(2)3-10-4;1-2/h3H,1-2H3,(H,9,11,12);1-2H3. The van der Waals surface area contributed by atoms with E-state index in [-0.39, 0.29) is 0 Å². The van der Waals surface area contributed by atoms with Crippen molar-refractivity contribution in [1.29, 1.82) is 0 Å². The van der Waals surface area contributed by atoms with E-state index in [0.29, 0.717) is 17.0 Å². The summed E-state index contributed by atoms with van der Waals surface area (Å²) in [5.74, 6) is 0.406. The van der Waals surface area contributed by atoms with Gasteiger partial charge in [-0.25, -0.2) is 4.98 Å². The Morgan fingerprint density at radius 3 is 2.60 bits per heavy atom. The maximum Gasteiger partial charge on any atom is 0.312 e. The highest BCUT2D eigenvalue weighted by molar-refractivity contribution is 5.82. The second kappa shape index (κ2) is 4.68. The Labute approximate surface area is 87.4 Å². The minimum Gasteiger partial charge on any atom is -0.371 e. The quantitative estimate of drug-likeness (QED) is 0.727. The van der Waals surface area contributed by atoms with Crippen molar-refractivity contribution in [3.8, 4) is 0 Å². The van der Waals surface area contributed by atoms with Gasteiger partial charge in [-0.15, -0.1) is 0 Å². The summed E-state index contributed by atoms with van der Waals surface area (Å²) in [7, 11) is 3.41. The molecule has 0 fully saturated rings. The number of hydrogen-bond donors (Lipinski definition) is 1. The number of nitrogens with one attached hydrogen (secondary N) is 1. The zero-order chi connectivity index (χ0) is 11.4. The molecule has 0 aliphatic heterocycles. The Balaban J connectivity index is 0.000000531. The molecule has 6 heteroatoms. The van der Waals surface area contributed by atoms with Gasteiger partial charge in [-0.05, 0) is 0 Å². The van der Waals surface area contributed by atoms with Gasteiger partial charge in [0.15, 0.2) is 17.0 Å². The number of fused-ring (bicyclic) bond motifs is 1. The molecule has 2 aromatic heterocycles. The van der Waals surface area contributed by atoms with E-state index in [9.17, 15) is 4.39 Å². The van der Waals surface area contributed by atoms with Gasteiger partial charge in [-0.2, -0.15) is 14.4 Å². The lowest BCUT2D eigenvalue weighted by Crippen LogP contribution is -2.00. The lowest BCUT2D eigenvalue weighted by molar-refractivity contribution is 0.544. The van der Waals surface area contributed by atoms with Crippen molar-refractivity contribution >= 4 is 17.0 Å². The number of nitrogens with zero attached hydrogens (tertiary/aromatic N) is 4. The van der Waals surface area contributed by atoms with Gasteiger partial charge < -0.3 is 9.88 Å². The van der Waals surface area contributed by atoms with Crippen molar-refractivity contribution in [2.24, 2.45) is 7.05 Å². The highest BCUT2D eigenvalue weighted by Crippen LogP contribution is 2.16. The molecule has 0 amide bonds. The summed E-state index contributed by atoms with van der Waals surface area (Å²) in [6, 6.07) is 0. The fourth-order valence-electron chi connectivity index (χ4n) is 1.15. The van der Waals surface area contributed by atoms with Crippen LogP contribution in [-0.4, -0.2) is 26.6 Å². The lowest BCUT2D eigenvalue weighted by atomic mass is 10.5. The van der Waals surface area contributed by atoms with Crippen LogP contribution in [0.25, 0.3) is 11.2 Å². The van der Waals surface area contributed by atoms with Crippen LogP contribution >= 0.6 is 0 Å². The van der Waals surface area contributed by atoms with Crippen molar-refractivity contribution in [3.63, 3.8) is 0 Å². The molecular formula is C9H14FN5. The Morgan fingerprint density at radius 2 is 2.00 bits per heavy atom. The first-order valence-electron chi connectivity index (χ1n) is 4.74. The second-order valence-electron chi connectivity index (χ2n) is 2.62. The summed E-state index contributed by atoms with van der Waals surface area (Å²) >= 11 is 0. The summed E-state index contributed by atoms with van der Waals surface area (Å²) in [4.78, 5) is 11.2. The van der Waals surface area contributed by atoms with E-state index in [2.05, 4.69) is 20.3 Å². The van der Waals surface area contributed by atoms with Crippen LogP contribution in [0.15, 0.2) is 6.33 Å². The van der Waals surface area contributed by atoms with E-state index in [1.807, 2.05) is 13.8 Å². The molecule has 2 heterocycles. The summed E-state index contributed by atoms with van der Waals surface area (Å²) in [5.41, 5.74) is 1.06. The number of rotatable bonds is 1. The topological polar surface area (TPSA) is 55.6 Å². The molecule has 0 saturated carbocycles. The molecule has 0 aliphatic rings. The number of hydrogen-bond acceptors (Lipinski definition) is 4. The van der Waals surface area contributed by atoms with Gasteiger partial charge in [0, 0.05) is 14.1 Å². The van der Waals surface area contributed by atoms with Gasteiger partial charge in [0.05, 0.1) is 6.33 Å². The van der Waals surface area contributed by atoms with Crippen molar-refractivity contribution in [1.82, 2.24) is 19.5 Å². The summed E-state index contributed by atoms with van der Waals surface area (Å²) in [6.07, 6.45) is 0.819. The van der Waals surface area contributed by atoms with Gasteiger partial charge in [-0.3, -0.25) is 0 Å². The van der Waals surface area contributed by atoms with Gasteiger partial charge in [0.2, 0.25) is 0 Å². The summed E-state index contributed by atoms with van der Waals surface area (Å²) in [6.45, 7) is 4.00. The molecule has 5 nitrogen and oxygen atoms in total. The molecular weight excluding hydrogens is 197 g/mol. The van der Waals surface area contributed by atoms with Crippen LogP contribution in [0.5, 0.6) is 0 Å². The van der Waals surface area contributed by atoms with Crippen LogP contribution in [0.4, 0.5) is 10.2 Å². The van der Waals surface area contributed by atoms with Crippen molar-refractivity contribution in [3.05, 3.63) is 12.4 Å². The normalized spacial score (nSPS) is 9.67. The molecule has 82 valence electrons. The van der Waals surface area contributed by atoms with Gasteiger partial charge in [0.1, 0.15) is 0 Å². The van der Waals surface area contributed by atoms with Gasteiger partial charge >= 0.3 is 6.08 Å². The fourth-order valence-corrected chi connectivity index (χ4v) is 1.15. The Bertz CT molecular complexity index is 451. The predicted octanol–water partition coefficient (Wildman–Crippen LogP) is 1.57. The lowest BCUT2D eigenvalue weighted by Gasteiger charge is -1.99. The van der Waals surface area contributed by atoms with Crippen LogP contribution in [0.3, 0.4) is 0 Å². The first-order valence-corrected chi connectivity index (χ1v) is 4.74. The summed E-state index contributed by atoms with van der Waals surface area (Å²) in [5, 5.41) is 2.76. The number of imidazole rings is 1. The molecule has 0 saturated heterocycles. The van der Waals surface area contributed by atoms with E-state index in [1.165, 1.54) is 0 Å². The van der Waals surface area contributed by atoms with Crippen LogP contribution in [-0.2, 0) is 7.05 Å². The van der Waals surface area contributed by atoms with Crippen molar-refractivity contribution in [2.45, 2.75) is 13.8 Å². The highest BCUT2D eigenvalue weighted by atomic mass is 19.1. The van der Waals surface area contributed by atoms with Crippen LogP contribution < -0.4 is 5.32 Å². The van der Waals surface area contributed by atoms with E-state index >= 15 is 0 Å². The average Bonchev–Trinajstić information content (AvgIpc) is 2.62. The number of anilines is 1. The highest BCUT2D eigenvalue weighted by Gasteiger charge is 2.09. The first kappa shape index (κ1) is 11.4. The van der Waals surface area contributed by atoms with E-state index in [1.54, 1.807) is 25.0 Å². The van der Waals surface area contributed by atoms with Crippen LogP contribution in [0.2, 0.25) is 0 Å². The molecule has 2 aromatic rings. The molecule has 0 bridgehead atoms. The fraction of sp³-hybridized carbons (Fsp3) is 0.444. The van der Waals surface area contributed by atoms with Gasteiger partial charge in [-0.1, -0.05) is 13.8 Å². The Kier molecular flexibility index (Phi) is 3.54. The van der Waals surface area contributed by atoms with E-state index < -0.39 is 6.08 Å². The molecule has 15 heavy (non-hydrogen) atoms. The number of aromatic nitrogens is 4. The molecule has 1 N–H and O–H groups in total. The second-order valence-corrected chi connectivity index (χ2v) is 2.62.